The first-order chi connectivity index (χ1) is 15.1. The fourth-order valence-corrected chi connectivity index (χ4v) is 3.64. The van der Waals surface area contributed by atoms with Crippen LogP contribution in [0.3, 0.4) is 0 Å². The molecule has 1 fully saturated rings. The lowest BCUT2D eigenvalue weighted by molar-refractivity contribution is -0.151. The number of carboxylic acid groups (broad SMARTS) is 1. The molecule has 1 aliphatic rings. The molecule has 0 radical (unpaired) electrons. The van der Waals surface area contributed by atoms with Crippen LogP contribution in [0.1, 0.15) is 50.4 Å². The molecule has 1 saturated heterocycles. The normalized spacial score (nSPS) is 16.8. The zero-order chi connectivity index (χ0) is 23.4. The molecule has 1 aliphatic heterocycles. The second-order valence-corrected chi connectivity index (χ2v) is 9.16. The molecule has 0 saturated carbocycles. The van der Waals surface area contributed by atoms with Crippen molar-refractivity contribution >= 4 is 23.5 Å². The number of aliphatic carboxylic acids is 1. The third-order valence-corrected chi connectivity index (χ3v) is 5.86. The molecule has 1 unspecified atom stereocenters. The summed E-state index contributed by atoms with van der Waals surface area (Å²) < 4.78 is 0. The van der Waals surface area contributed by atoms with Crippen molar-refractivity contribution < 1.29 is 19.8 Å². The predicted octanol–water partition coefficient (Wildman–Crippen LogP) is 2.50. The second-order valence-electron chi connectivity index (χ2n) is 9.16. The van der Waals surface area contributed by atoms with Crippen LogP contribution in [0, 0.1) is 5.41 Å². The Kier molecular flexibility index (Phi) is 6.98. The average Bonchev–Trinajstić information content (AvgIpc) is 2.74. The van der Waals surface area contributed by atoms with Crippen LogP contribution < -0.4 is 15.5 Å². The first-order valence-electron chi connectivity index (χ1n) is 10.7. The van der Waals surface area contributed by atoms with Gasteiger partial charge in [0.1, 0.15) is 0 Å². The van der Waals surface area contributed by atoms with Gasteiger partial charge in [-0.2, -0.15) is 0 Å². The fraction of sp³-hybridized carbons (Fsp3) is 0.478. The molecule has 4 N–H and O–H groups in total. The molecule has 172 valence electrons. The highest BCUT2D eigenvalue weighted by molar-refractivity contribution is 5.95. The van der Waals surface area contributed by atoms with E-state index < -0.39 is 29.4 Å². The fourth-order valence-electron chi connectivity index (χ4n) is 3.64. The number of piperidine rings is 1. The molecule has 1 aromatic heterocycles. The van der Waals surface area contributed by atoms with Crippen molar-refractivity contribution in [2.24, 2.45) is 5.41 Å². The number of benzene rings is 1. The van der Waals surface area contributed by atoms with Gasteiger partial charge >= 0.3 is 5.97 Å². The SMILES string of the molecule is CC(C)(C)C(O)(CC(=O)O)NC(=O)c1ccc(N2CCC(Nc3ncccn3)CC2)cc1. The molecule has 1 atom stereocenters. The van der Waals surface area contributed by atoms with Crippen molar-refractivity contribution in [2.75, 3.05) is 23.3 Å². The van der Waals surface area contributed by atoms with Crippen molar-refractivity contribution in [3.8, 4) is 0 Å². The number of rotatable bonds is 7. The number of amides is 1. The highest BCUT2D eigenvalue weighted by atomic mass is 16.4. The molecule has 2 aromatic rings. The highest BCUT2D eigenvalue weighted by Gasteiger charge is 2.43. The van der Waals surface area contributed by atoms with E-state index in [2.05, 4.69) is 25.5 Å². The largest absolute Gasteiger partial charge is 0.481 e. The number of nitrogens with zero attached hydrogens (tertiary/aromatic N) is 3. The van der Waals surface area contributed by atoms with Crippen LogP contribution >= 0.6 is 0 Å². The number of nitrogens with one attached hydrogen (secondary N) is 2. The zero-order valence-corrected chi connectivity index (χ0v) is 18.7. The van der Waals surface area contributed by atoms with E-state index in [9.17, 15) is 14.7 Å². The topological polar surface area (TPSA) is 128 Å². The van der Waals surface area contributed by atoms with Crippen molar-refractivity contribution in [2.45, 2.75) is 51.8 Å². The smallest absolute Gasteiger partial charge is 0.308 e. The van der Waals surface area contributed by atoms with Crippen molar-refractivity contribution in [1.29, 1.82) is 0 Å². The third kappa shape index (κ3) is 5.73. The number of hydrogen-bond donors (Lipinski definition) is 4. The molecule has 1 amide bonds. The molecule has 0 aliphatic carbocycles. The van der Waals surface area contributed by atoms with Gasteiger partial charge in [0.25, 0.3) is 5.91 Å². The Morgan fingerprint density at radius 3 is 2.22 bits per heavy atom. The Hall–Kier alpha value is -3.20. The van der Waals surface area contributed by atoms with Gasteiger partial charge in [-0.3, -0.25) is 9.59 Å². The number of hydrogen-bond acceptors (Lipinski definition) is 7. The number of carboxylic acids is 1. The summed E-state index contributed by atoms with van der Waals surface area (Å²) in [5, 5.41) is 25.8. The Morgan fingerprint density at radius 2 is 1.69 bits per heavy atom. The lowest BCUT2D eigenvalue weighted by Crippen LogP contribution is -2.58. The zero-order valence-electron chi connectivity index (χ0n) is 18.7. The summed E-state index contributed by atoms with van der Waals surface area (Å²) in [4.78, 5) is 34.6. The van der Waals surface area contributed by atoms with Gasteiger partial charge in [-0.15, -0.1) is 0 Å². The quantitative estimate of drug-likeness (QED) is 0.483. The Morgan fingerprint density at radius 1 is 1.09 bits per heavy atom. The third-order valence-electron chi connectivity index (χ3n) is 5.86. The summed E-state index contributed by atoms with van der Waals surface area (Å²) >= 11 is 0. The molecule has 9 nitrogen and oxygen atoms in total. The van der Waals surface area contributed by atoms with Crippen LogP contribution in [-0.2, 0) is 4.79 Å². The molecular formula is C23H31N5O4. The average molecular weight is 442 g/mol. The van der Waals surface area contributed by atoms with Gasteiger partial charge in [0.2, 0.25) is 5.95 Å². The van der Waals surface area contributed by atoms with Gasteiger partial charge in [-0.25, -0.2) is 9.97 Å². The maximum atomic E-state index is 12.7. The van der Waals surface area contributed by atoms with Gasteiger partial charge in [-0.05, 0) is 43.2 Å². The first-order valence-corrected chi connectivity index (χ1v) is 10.7. The van der Waals surface area contributed by atoms with E-state index in [0.717, 1.165) is 31.6 Å². The van der Waals surface area contributed by atoms with E-state index in [1.807, 2.05) is 12.1 Å². The number of carbonyl (C=O) groups excluding carboxylic acids is 1. The van der Waals surface area contributed by atoms with Gasteiger partial charge in [0.05, 0.1) is 6.42 Å². The van der Waals surface area contributed by atoms with Crippen LogP contribution in [0.15, 0.2) is 42.7 Å². The Bertz CT molecular complexity index is 922. The highest BCUT2D eigenvalue weighted by Crippen LogP contribution is 2.31. The van der Waals surface area contributed by atoms with Crippen LogP contribution in [-0.4, -0.2) is 56.9 Å². The minimum Gasteiger partial charge on any atom is -0.481 e. The number of carbonyl (C=O) groups is 2. The number of anilines is 2. The van der Waals surface area contributed by atoms with Crippen molar-refractivity contribution in [1.82, 2.24) is 15.3 Å². The van der Waals surface area contributed by atoms with Gasteiger partial charge in [0, 0.05) is 48.2 Å². The molecule has 0 spiro atoms. The molecule has 2 heterocycles. The minimum atomic E-state index is -1.87. The van der Waals surface area contributed by atoms with Crippen molar-refractivity contribution in [3.05, 3.63) is 48.3 Å². The van der Waals surface area contributed by atoms with E-state index in [-0.39, 0.29) is 0 Å². The van der Waals surface area contributed by atoms with Crippen molar-refractivity contribution in [3.63, 3.8) is 0 Å². The van der Waals surface area contributed by atoms with Crippen LogP contribution in [0.2, 0.25) is 0 Å². The first kappa shape index (κ1) is 23.5. The monoisotopic (exact) mass is 441 g/mol. The lowest BCUT2D eigenvalue weighted by atomic mass is 9.80. The summed E-state index contributed by atoms with van der Waals surface area (Å²) in [5.41, 5.74) is -1.36. The Balaban J connectivity index is 1.59. The van der Waals surface area contributed by atoms with Crippen LogP contribution in [0.4, 0.5) is 11.6 Å². The van der Waals surface area contributed by atoms with E-state index in [1.165, 1.54) is 0 Å². The number of aliphatic hydroxyl groups is 1. The summed E-state index contributed by atoms with van der Waals surface area (Å²) in [7, 11) is 0. The standard InChI is InChI=1S/C23H31N5O4/c1-22(2,3)23(32,15-19(29)30)27-20(31)16-5-7-18(8-6-16)28-13-9-17(10-14-28)26-21-24-11-4-12-25-21/h4-8,11-12,17,32H,9-10,13-15H2,1-3H3,(H,27,31)(H,29,30)(H,24,25,26). The summed E-state index contributed by atoms with van der Waals surface area (Å²) in [5.74, 6) is -1.06. The molecule has 3 rings (SSSR count). The minimum absolute atomic E-state index is 0.308. The molecule has 0 bridgehead atoms. The predicted molar refractivity (Wildman–Crippen MR) is 121 cm³/mol. The summed E-state index contributed by atoms with van der Waals surface area (Å²) in [6.45, 7) is 6.77. The van der Waals surface area contributed by atoms with E-state index in [0.29, 0.717) is 17.6 Å². The van der Waals surface area contributed by atoms with Crippen LogP contribution in [0.25, 0.3) is 0 Å². The van der Waals surface area contributed by atoms with E-state index in [1.54, 1.807) is 51.4 Å². The maximum Gasteiger partial charge on any atom is 0.308 e. The van der Waals surface area contributed by atoms with Gasteiger partial charge < -0.3 is 25.7 Å². The molecule has 1 aromatic carbocycles. The molecule has 9 heteroatoms. The second kappa shape index (κ2) is 9.52. The Labute approximate surface area is 187 Å². The van der Waals surface area contributed by atoms with E-state index in [4.69, 9.17) is 5.11 Å². The number of aromatic nitrogens is 2. The summed E-state index contributed by atoms with van der Waals surface area (Å²) in [6, 6.07) is 9.22. The molecular weight excluding hydrogens is 410 g/mol. The van der Waals surface area contributed by atoms with Gasteiger partial charge in [0.15, 0.2) is 5.72 Å². The van der Waals surface area contributed by atoms with Gasteiger partial charge in [-0.1, -0.05) is 20.8 Å². The maximum absolute atomic E-state index is 12.7. The molecule has 32 heavy (non-hydrogen) atoms. The summed E-state index contributed by atoms with van der Waals surface area (Å²) in [6.07, 6.45) is 4.72. The van der Waals surface area contributed by atoms with Crippen LogP contribution in [0.5, 0.6) is 0 Å². The lowest BCUT2D eigenvalue weighted by Gasteiger charge is -2.39. The van der Waals surface area contributed by atoms with E-state index >= 15 is 0 Å².